The zero-order valence-electron chi connectivity index (χ0n) is 17.4. The molecule has 0 unspecified atom stereocenters. The number of aryl methyl sites for hydroxylation is 1. The maximum atomic E-state index is 13.0. The van der Waals surface area contributed by atoms with Crippen LogP contribution in [0.1, 0.15) is 32.0 Å². The first-order chi connectivity index (χ1) is 12.6. The molecule has 27 heavy (non-hydrogen) atoms. The normalized spacial score (nSPS) is 16.1. The molecule has 0 saturated heterocycles. The second-order valence-corrected chi connectivity index (χ2v) is 14.7. The number of amides is 1. The molecular weight excluding hydrogens is 354 g/mol. The summed E-state index contributed by atoms with van der Waals surface area (Å²) >= 11 is 0. The van der Waals surface area contributed by atoms with E-state index in [1.807, 2.05) is 30.9 Å². The van der Waals surface area contributed by atoms with Crippen LogP contribution in [-0.4, -0.2) is 36.9 Å². The maximum absolute atomic E-state index is 13.0. The summed E-state index contributed by atoms with van der Waals surface area (Å²) in [5.74, 6) is 0.0996. The summed E-state index contributed by atoms with van der Waals surface area (Å²) in [5, 5.41) is 0. The highest BCUT2D eigenvalue weighted by Crippen LogP contribution is 2.42. The number of hydrogen-bond donors (Lipinski definition) is 0. The van der Waals surface area contributed by atoms with Crippen molar-refractivity contribution in [2.24, 2.45) is 0 Å². The van der Waals surface area contributed by atoms with Crippen molar-refractivity contribution in [3.8, 4) is 5.69 Å². The van der Waals surface area contributed by atoms with Gasteiger partial charge in [-0.25, -0.2) is 4.98 Å². The minimum atomic E-state index is -1.14. The van der Waals surface area contributed by atoms with E-state index in [9.17, 15) is 4.79 Å². The molecule has 0 atom stereocenters. The lowest BCUT2D eigenvalue weighted by atomic mass is 9.86. The van der Waals surface area contributed by atoms with E-state index in [2.05, 4.69) is 49.7 Å². The fraction of sp³-hybridized carbons (Fsp3) is 0.524. The van der Waals surface area contributed by atoms with Gasteiger partial charge in [-0.3, -0.25) is 9.69 Å². The molecule has 0 bridgehead atoms. The van der Waals surface area contributed by atoms with Gasteiger partial charge in [-0.1, -0.05) is 32.6 Å². The first-order valence-electron chi connectivity index (χ1n) is 9.71. The molecule has 0 N–H and O–H groups in total. The number of nitrogens with zero attached hydrogens (tertiary/aromatic N) is 3. The van der Waals surface area contributed by atoms with Gasteiger partial charge in [0.25, 0.3) is 0 Å². The summed E-state index contributed by atoms with van der Waals surface area (Å²) in [6.45, 7) is 14.1. The molecule has 2 aromatic rings. The molecule has 0 spiro atoms. The zero-order chi connectivity index (χ0) is 19.8. The molecule has 3 rings (SSSR count). The molecule has 1 aromatic carbocycles. The van der Waals surface area contributed by atoms with E-state index in [1.165, 1.54) is 0 Å². The summed E-state index contributed by atoms with van der Waals surface area (Å²) in [6, 6.07) is 7.30. The van der Waals surface area contributed by atoms with Crippen molar-refractivity contribution in [1.29, 1.82) is 0 Å². The van der Waals surface area contributed by atoms with E-state index < -0.39 is 13.5 Å². The Hall–Kier alpha value is -1.92. The quantitative estimate of drug-likeness (QED) is 0.525. The maximum Gasteiger partial charge on any atom is 0.239 e. The number of carbonyl (C=O) groups is 1. The molecule has 146 valence electrons. The van der Waals surface area contributed by atoms with E-state index in [-0.39, 0.29) is 5.91 Å². The third-order valence-electron chi connectivity index (χ3n) is 5.24. The van der Waals surface area contributed by atoms with Gasteiger partial charge in [0.2, 0.25) is 5.91 Å². The molecule has 1 aliphatic rings. The first kappa shape index (κ1) is 19.8. The van der Waals surface area contributed by atoms with E-state index in [1.54, 1.807) is 4.90 Å². The van der Waals surface area contributed by atoms with E-state index in [0.29, 0.717) is 13.3 Å². The summed E-state index contributed by atoms with van der Waals surface area (Å²) in [5.41, 5.74) is 3.54. The van der Waals surface area contributed by atoms with Crippen molar-refractivity contribution >= 4 is 19.7 Å². The van der Waals surface area contributed by atoms with Crippen LogP contribution in [0.25, 0.3) is 5.69 Å². The topological polar surface area (TPSA) is 47.4 Å². The van der Waals surface area contributed by atoms with Gasteiger partial charge in [0, 0.05) is 26.6 Å². The highest BCUT2D eigenvalue weighted by atomic mass is 28.3. The van der Waals surface area contributed by atoms with Gasteiger partial charge in [0.1, 0.15) is 6.73 Å². The van der Waals surface area contributed by atoms with Gasteiger partial charge in [0.15, 0.2) is 0 Å². The lowest BCUT2D eigenvalue weighted by Gasteiger charge is -2.22. The van der Waals surface area contributed by atoms with Crippen LogP contribution in [0, 0.1) is 0 Å². The average Bonchev–Trinajstić information content (AvgIpc) is 3.15. The molecule has 0 radical (unpaired) electrons. The molecule has 2 heterocycles. The number of ether oxygens (including phenoxy) is 1. The summed E-state index contributed by atoms with van der Waals surface area (Å²) in [7, 11) is -1.14. The monoisotopic (exact) mass is 385 g/mol. The fourth-order valence-electron chi connectivity index (χ4n) is 3.34. The lowest BCUT2D eigenvalue weighted by molar-refractivity contribution is -0.123. The van der Waals surface area contributed by atoms with Gasteiger partial charge >= 0.3 is 0 Å². The van der Waals surface area contributed by atoms with Gasteiger partial charge in [-0.2, -0.15) is 0 Å². The van der Waals surface area contributed by atoms with Gasteiger partial charge in [-0.15, -0.1) is 0 Å². The third kappa shape index (κ3) is 4.01. The number of rotatable bonds is 7. The second-order valence-electron chi connectivity index (χ2n) is 9.03. The Labute approximate surface area is 163 Å². The Kier molecular flexibility index (Phi) is 5.32. The predicted molar refractivity (Wildman–Crippen MR) is 112 cm³/mol. The lowest BCUT2D eigenvalue weighted by Crippen LogP contribution is -2.38. The van der Waals surface area contributed by atoms with E-state index >= 15 is 0 Å². The number of benzene rings is 1. The summed E-state index contributed by atoms with van der Waals surface area (Å²) in [4.78, 5) is 19.2. The number of aromatic nitrogens is 2. The molecule has 5 nitrogen and oxygen atoms in total. The Balaban J connectivity index is 1.85. The number of carbonyl (C=O) groups excluding carboxylic acids is 1. The zero-order valence-corrected chi connectivity index (χ0v) is 18.4. The molecule has 1 aromatic heterocycles. The van der Waals surface area contributed by atoms with Crippen LogP contribution in [-0.2, 0) is 21.4 Å². The van der Waals surface area contributed by atoms with Crippen LogP contribution in [0.2, 0.25) is 25.7 Å². The number of anilines is 1. The Morgan fingerprint density at radius 1 is 1.22 bits per heavy atom. The molecule has 0 fully saturated rings. The summed E-state index contributed by atoms with van der Waals surface area (Å²) in [6.07, 6.45) is 4.77. The largest absolute Gasteiger partial charge is 0.361 e. The smallest absolute Gasteiger partial charge is 0.239 e. The highest BCUT2D eigenvalue weighted by Gasteiger charge is 2.44. The predicted octanol–water partition coefficient (Wildman–Crippen LogP) is 4.37. The second kappa shape index (κ2) is 7.24. The average molecular weight is 386 g/mol. The standard InChI is InChI=1S/C21H31N3O2Si/c1-7-16-13-23(14-22-16)17-8-9-18-19(12-17)24(20(25)21(18,2)3)15-26-10-11-27(4,5)6/h8-9,12-14H,7,10-11,15H2,1-6H3. The van der Waals surface area contributed by atoms with Crippen LogP contribution < -0.4 is 4.90 Å². The van der Waals surface area contributed by atoms with E-state index in [4.69, 9.17) is 4.74 Å². The molecular formula is C21H31N3O2Si. The Bertz CT molecular complexity index is 836. The van der Waals surface area contributed by atoms with Gasteiger partial charge < -0.3 is 9.30 Å². The Morgan fingerprint density at radius 3 is 2.59 bits per heavy atom. The van der Waals surface area contributed by atoms with Gasteiger partial charge in [-0.05, 0) is 44.0 Å². The minimum Gasteiger partial charge on any atom is -0.361 e. The number of fused-ring (bicyclic) bond motifs is 1. The molecule has 0 aliphatic carbocycles. The summed E-state index contributed by atoms with van der Waals surface area (Å²) < 4.78 is 7.92. The van der Waals surface area contributed by atoms with Crippen molar-refractivity contribution < 1.29 is 9.53 Å². The first-order valence-corrected chi connectivity index (χ1v) is 13.4. The van der Waals surface area contributed by atoms with Crippen LogP contribution in [0.4, 0.5) is 5.69 Å². The highest BCUT2D eigenvalue weighted by molar-refractivity contribution is 6.76. The molecule has 6 heteroatoms. The van der Waals surface area contributed by atoms with Crippen molar-refractivity contribution in [1.82, 2.24) is 9.55 Å². The van der Waals surface area contributed by atoms with Crippen molar-refractivity contribution in [2.45, 2.75) is 58.3 Å². The van der Waals surface area contributed by atoms with Crippen LogP contribution >= 0.6 is 0 Å². The fourth-order valence-corrected chi connectivity index (χ4v) is 4.10. The number of imidazole rings is 1. The molecule has 1 aliphatic heterocycles. The minimum absolute atomic E-state index is 0.0996. The van der Waals surface area contributed by atoms with Crippen molar-refractivity contribution in [2.75, 3.05) is 18.2 Å². The van der Waals surface area contributed by atoms with Gasteiger partial charge in [0.05, 0.1) is 23.1 Å². The van der Waals surface area contributed by atoms with E-state index in [0.717, 1.165) is 35.1 Å². The number of hydrogen-bond acceptors (Lipinski definition) is 3. The molecule has 0 saturated carbocycles. The SMILES string of the molecule is CCc1cn(-c2ccc3c(c2)N(COCC[Si](C)(C)C)C(=O)C3(C)C)cn1. The van der Waals surface area contributed by atoms with Crippen molar-refractivity contribution in [3.63, 3.8) is 0 Å². The van der Waals surface area contributed by atoms with Crippen molar-refractivity contribution in [3.05, 3.63) is 42.0 Å². The third-order valence-corrected chi connectivity index (χ3v) is 6.94. The Morgan fingerprint density at radius 2 is 1.96 bits per heavy atom. The van der Waals surface area contributed by atoms with Crippen LogP contribution in [0.5, 0.6) is 0 Å². The molecule has 1 amide bonds. The van der Waals surface area contributed by atoms with Crippen LogP contribution in [0.15, 0.2) is 30.7 Å². The van der Waals surface area contributed by atoms with Crippen LogP contribution in [0.3, 0.4) is 0 Å².